The lowest BCUT2D eigenvalue weighted by Gasteiger charge is -2.25. The maximum absolute atomic E-state index is 12.3. The van der Waals surface area contributed by atoms with Gasteiger partial charge >= 0.3 is 0 Å². The molecule has 4 heteroatoms. The van der Waals surface area contributed by atoms with Crippen molar-refractivity contribution >= 4 is 5.91 Å². The molecule has 112 valence electrons. The van der Waals surface area contributed by atoms with E-state index in [0.717, 1.165) is 38.6 Å². The first kappa shape index (κ1) is 13.1. The van der Waals surface area contributed by atoms with Crippen LogP contribution in [-0.2, 0) is 14.3 Å². The highest BCUT2D eigenvalue weighted by Crippen LogP contribution is 2.50. The Morgan fingerprint density at radius 1 is 1.10 bits per heavy atom. The molecule has 0 bridgehead atoms. The van der Waals surface area contributed by atoms with E-state index in [4.69, 9.17) is 9.47 Å². The van der Waals surface area contributed by atoms with Crippen LogP contribution >= 0.6 is 0 Å². The molecule has 4 nitrogen and oxygen atoms in total. The summed E-state index contributed by atoms with van der Waals surface area (Å²) in [6, 6.07) is 0. The Bertz CT molecular complexity index is 439. The van der Waals surface area contributed by atoms with Crippen molar-refractivity contribution in [2.75, 3.05) is 6.54 Å². The van der Waals surface area contributed by atoms with Crippen LogP contribution in [0.5, 0.6) is 0 Å². The SMILES string of the molecule is CC12CCC(CNC(=O)C3CCC4(C)OC4C3)CC1O2. The number of nitrogens with one attached hydrogen (secondary N) is 1. The van der Waals surface area contributed by atoms with Gasteiger partial charge in [0.1, 0.15) is 0 Å². The average molecular weight is 279 g/mol. The summed E-state index contributed by atoms with van der Waals surface area (Å²) >= 11 is 0. The molecule has 4 fully saturated rings. The van der Waals surface area contributed by atoms with Crippen molar-refractivity contribution in [2.24, 2.45) is 11.8 Å². The molecule has 20 heavy (non-hydrogen) atoms. The Kier molecular flexibility index (Phi) is 2.75. The van der Waals surface area contributed by atoms with Crippen molar-refractivity contribution in [1.82, 2.24) is 5.32 Å². The molecule has 2 aliphatic heterocycles. The highest BCUT2D eigenvalue weighted by Gasteiger charge is 2.56. The number of hydrogen-bond acceptors (Lipinski definition) is 3. The van der Waals surface area contributed by atoms with Gasteiger partial charge in [-0.05, 0) is 58.3 Å². The smallest absolute Gasteiger partial charge is 0.223 e. The molecule has 1 amide bonds. The van der Waals surface area contributed by atoms with Gasteiger partial charge in [-0.15, -0.1) is 0 Å². The molecule has 0 aromatic rings. The number of hydrogen-bond donors (Lipinski definition) is 1. The van der Waals surface area contributed by atoms with Gasteiger partial charge in [0.2, 0.25) is 5.91 Å². The Hall–Kier alpha value is -0.610. The Morgan fingerprint density at radius 3 is 2.40 bits per heavy atom. The number of ether oxygens (including phenoxy) is 2. The van der Waals surface area contributed by atoms with Crippen LogP contribution in [0.4, 0.5) is 0 Å². The number of fused-ring (bicyclic) bond motifs is 2. The minimum Gasteiger partial charge on any atom is -0.366 e. The second-order valence-electron chi connectivity index (χ2n) is 7.70. The summed E-state index contributed by atoms with van der Waals surface area (Å²) in [4.78, 5) is 12.3. The Morgan fingerprint density at radius 2 is 1.75 bits per heavy atom. The van der Waals surface area contributed by atoms with Crippen LogP contribution in [0.15, 0.2) is 0 Å². The molecule has 6 atom stereocenters. The topological polar surface area (TPSA) is 54.2 Å². The van der Waals surface area contributed by atoms with Gasteiger partial charge in [-0.1, -0.05) is 0 Å². The maximum atomic E-state index is 12.3. The highest BCUT2D eigenvalue weighted by atomic mass is 16.6. The van der Waals surface area contributed by atoms with Crippen LogP contribution < -0.4 is 5.32 Å². The molecular formula is C16H25NO3. The third kappa shape index (κ3) is 2.17. The standard InChI is InChI=1S/C16H25NO3/c1-15-5-3-10(7-12(15)19-15)9-17-14(18)11-4-6-16(2)13(8-11)20-16/h10-13H,3-9H2,1-2H3,(H,17,18). The molecule has 4 rings (SSSR count). The molecule has 0 aromatic carbocycles. The van der Waals surface area contributed by atoms with Crippen molar-refractivity contribution in [2.45, 2.75) is 75.8 Å². The lowest BCUT2D eigenvalue weighted by atomic mass is 9.81. The van der Waals surface area contributed by atoms with Crippen molar-refractivity contribution < 1.29 is 14.3 Å². The van der Waals surface area contributed by atoms with Crippen molar-refractivity contribution in [1.29, 1.82) is 0 Å². The Balaban J connectivity index is 1.23. The lowest BCUT2D eigenvalue weighted by Crippen LogP contribution is -2.38. The minimum atomic E-state index is 0.105. The fourth-order valence-corrected chi connectivity index (χ4v) is 4.18. The van der Waals surface area contributed by atoms with Crippen LogP contribution in [0.1, 0.15) is 52.4 Å². The minimum absolute atomic E-state index is 0.105. The molecular weight excluding hydrogens is 254 g/mol. The number of rotatable bonds is 3. The first-order valence-electron chi connectivity index (χ1n) is 8.12. The van der Waals surface area contributed by atoms with E-state index >= 15 is 0 Å². The molecule has 6 unspecified atom stereocenters. The van der Waals surface area contributed by atoms with E-state index in [1.165, 1.54) is 6.42 Å². The fourth-order valence-electron chi connectivity index (χ4n) is 4.18. The zero-order valence-electron chi connectivity index (χ0n) is 12.5. The fraction of sp³-hybridized carbons (Fsp3) is 0.938. The molecule has 0 aromatic heterocycles. The quantitative estimate of drug-likeness (QED) is 0.804. The van der Waals surface area contributed by atoms with E-state index in [-0.39, 0.29) is 23.0 Å². The van der Waals surface area contributed by atoms with Crippen LogP contribution in [-0.4, -0.2) is 35.9 Å². The normalized spacial score (nSPS) is 52.7. The van der Waals surface area contributed by atoms with Gasteiger partial charge < -0.3 is 14.8 Å². The third-order valence-electron chi connectivity index (χ3n) is 6.09. The summed E-state index contributed by atoms with van der Waals surface area (Å²) in [6.45, 7) is 5.20. The van der Waals surface area contributed by atoms with E-state index in [9.17, 15) is 4.79 Å². The van der Waals surface area contributed by atoms with Gasteiger partial charge in [-0.3, -0.25) is 4.79 Å². The zero-order chi connectivity index (χ0) is 14.0. The van der Waals surface area contributed by atoms with E-state index in [2.05, 4.69) is 19.2 Å². The summed E-state index contributed by atoms with van der Waals surface area (Å²) < 4.78 is 11.4. The van der Waals surface area contributed by atoms with E-state index < -0.39 is 0 Å². The molecule has 2 heterocycles. The van der Waals surface area contributed by atoms with Gasteiger partial charge in [0.05, 0.1) is 23.4 Å². The molecule has 2 saturated heterocycles. The van der Waals surface area contributed by atoms with Crippen molar-refractivity contribution in [3.05, 3.63) is 0 Å². The van der Waals surface area contributed by atoms with Crippen LogP contribution in [0.3, 0.4) is 0 Å². The predicted octanol–water partition coefficient (Wildman–Crippen LogP) is 2.02. The first-order valence-corrected chi connectivity index (χ1v) is 8.12. The number of carbonyl (C=O) groups is 1. The zero-order valence-corrected chi connectivity index (χ0v) is 12.5. The van der Waals surface area contributed by atoms with Crippen LogP contribution in [0, 0.1) is 11.8 Å². The average Bonchev–Trinajstić information content (AvgIpc) is 3.27. The van der Waals surface area contributed by atoms with E-state index in [0.29, 0.717) is 18.1 Å². The van der Waals surface area contributed by atoms with Crippen molar-refractivity contribution in [3.63, 3.8) is 0 Å². The van der Waals surface area contributed by atoms with Crippen LogP contribution in [0.25, 0.3) is 0 Å². The van der Waals surface area contributed by atoms with Crippen molar-refractivity contribution in [3.8, 4) is 0 Å². The maximum Gasteiger partial charge on any atom is 0.223 e. The molecule has 4 aliphatic rings. The second kappa shape index (κ2) is 4.20. The Labute approximate surface area is 120 Å². The number of epoxide rings is 2. The lowest BCUT2D eigenvalue weighted by molar-refractivity contribution is -0.126. The summed E-state index contributed by atoms with van der Waals surface area (Å²) in [5.41, 5.74) is 0.283. The summed E-state index contributed by atoms with van der Waals surface area (Å²) in [5.74, 6) is 1.01. The largest absolute Gasteiger partial charge is 0.366 e. The number of carbonyl (C=O) groups excluding carboxylic acids is 1. The van der Waals surface area contributed by atoms with Gasteiger partial charge in [-0.25, -0.2) is 0 Å². The summed E-state index contributed by atoms with van der Waals surface area (Å²) in [5, 5.41) is 3.18. The van der Waals surface area contributed by atoms with Gasteiger partial charge in [0.25, 0.3) is 0 Å². The third-order valence-corrected chi connectivity index (χ3v) is 6.09. The monoisotopic (exact) mass is 279 g/mol. The van der Waals surface area contributed by atoms with Gasteiger partial charge in [-0.2, -0.15) is 0 Å². The summed E-state index contributed by atoms with van der Waals surface area (Å²) in [7, 11) is 0. The van der Waals surface area contributed by atoms with Gasteiger partial charge in [0, 0.05) is 12.5 Å². The summed E-state index contributed by atoms with van der Waals surface area (Å²) in [6.07, 6.45) is 7.16. The molecule has 0 spiro atoms. The van der Waals surface area contributed by atoms with Crippen LogP contribution in [0.2, 0.25) is 0 Å². The first-order chi connectivity index (χ1) is 9.48. The van der Waals surface area contributed by atoms with Gasteiger partial charge in [0.15, 0.2) is 0 Å². The number of amides is 1. The molecule has 2 saturated carbocycles. The highest BCUT2D eigenvalue weighted by molar-refractivity contribution is 5.79. The van der Waals surface area contributed by atoms with E-state index in [1.807, 2.05) is 0 Å². The molecule has 2 aliphatic carbocycles. The molecule has 0 radical (unpaired) electrons. The second-order valence-corrected chi connectivity index (χ2v) is 7.70. The van der Waals surface area contributed by atoms with E-state index in [1.54, 1.807) is 0 Å². The predicted molar refractivity (Wildman–Crippen MR) is 74.2 cm³/mol. The molecule has 1 N–H and O–H groups in total.